The fourth-order valence-corrected chi connectivity index (χ4v) is 4.69. The topological polar surface area (TPSA) is 79.4 Å². The molecule has 30 heavy (non-hydrogen) atoms. The number of thiophene rings is 1. The fourth-order valence-electron chi connectivity index (χ4n) is 4.00. The summed E-state index contributed by atoms with van der Waals surface area (Å²) in [6, 6.07) is 8.74. The molecule has 2 aliphatic heterocycles. The average molecular weight is 429 g/mol. The van der Waals surface area contributed by atoms with Crippen LogP contribution in [-0.4, -0.2) is 60.0 Å². The van der Waals surface area contributed by atoms with Crippen LogP contribution in [0.25, 0.3) is 0 Å². The van der Waals surface area contributed by atoms with Crippen LogP contribution in [0.15, 0.2) is 35.7 Å². The van der Waals surface area contributed by atoms with Gasteiger partial charge in [0.2, 0.25) is 0 Å². The molecule has 4 rings (SSSR count). The number of urea groups is 1. The predicted octanol–water partition coefficient (Wildman–Crippen LogP) is 2.85. The largest absolute Gasteiger partial charge is 0.497 e. The highest BCUT2D eigenvalue weighted by Gasteiger charge is 2.46. The molecular weight excluding hydrogens is 406 g/mol. The maximum Gasteiger partial charge on any atom is 0.335 e. The lowest BCUT2D eigenvalue weighted by atomic mass is 10.0. The molecule has 0 saturated carbocycles. The summed E-state index contributed by atoms with van der Waals surface area (Å²) in [4.78, 5) is 42.8. The van der Waals surface area contributed by atoms with E-state index in [0.717, 1.165) is 39.6 Å². The standard InChI is InChI=1S/C21H23N3O5S/c1-28-14-7-8-16(18(11-14)29-2)17-6-3-9-22(17)13-24-20(26)19(25)23(21(24)27)12-15-5-4-10-30-15/h4-5,7-8,10-11,17H,3,6,9,12-13H2,1-2H3. The second-order valence-electron chi connectivity index (χ2n) is 7.21. The Balaban J connectivity index is 1.52. The molecule has 2 fully saturated rings. The lowest BCUT2D eigenvalue weighted by Crippen LogP contribution is -2.42. The van der Waals surface area contributed by atoms with Crippen molar-refractivity contribution in [2.24, 2.45) is 0 Å². The number of rotatable bonds is 7. The first-order chi connectivity index (χ1) is 14.5. The van der Waals surface area contributed by atoms with Crippen molar-refractivity contribution in [3.8, 4) is 11.5 Å². The summed E-state index contributed by atoms with van der Waals surface area (Å²) in [7, 11) is 3.20. The second-order valence-corrected chi connectivity index (χ2v) is 8.24. The van der Waals surface area contributed by atoms with Gasteiger partial charge in [0, 0.05) is 29.1 Å². The van der Waals surface area contributed by atoms with Crippen molar-refractivity contribution < 1.29 is 23.9 Å². The first-order valence-electron chi connectivity index (χ1n) is 9.69. The minimum atomic E-state index is -0.774. The quantitative estimate of drug-likeness (QED) is 0.497. The van der Waals surface area contributed by atoms with Gasteiger partial charge in [-0.25, -0.2) is 9.69 Å². The van der Waals surface area contributed by atoms with E-state index in [2.05, 4.69) is 0 Å². The molecule has 2 aliphatic rings. The van der Waals surface area contributed by atoms with Crippen molar-refractivity contribution in [1.82, 2.24) is 14.7 Å². The Kier molecular flexibility index (Phi) is 5.74. The number of carbonyl (C=O) groups excluding carboxylic acids is 3. The molecular formula is C21H23N3O5S. The minimum absolute atomic E-state index is 0.0205. The zero-order valence-corrected chi connectivity index (χ0v) is 17.7. The number of ether oxygens (including phenoxy) is 2. The molecule has 8 nitrogen and oxygen atoms in total. The zero-order valence-electron chi connectivity index (χ0n) is 16.9. The molecule has 0 spiro atoms. The van der Waals surface area contributed by atoms with E-state index in [1.54, 1.807) is 14.2 Å². The third-order valence-electron chi connectivity index (χ3n) is 5.52. The number of benzene rings is 1. The maximum atomic E-state index is 12.8. The molecule has 3 heterocycles. The molecule has 9 heteroatoms. The van der Waals surface area contributed by atoms with E-state index in [1.807, 2.05) is 40.6 Å². The number of imide groups is 2. The van der Waals surface area contributed by atoms with Gasteiger partial charge in [-0.1, -0.05) is 12.1 Å². The Morgan fingerprint density at radius 3 is 2.57 bits per heavy atom. The van der Waals surface area contributed by atoms with E-state index in [0.29, 0.717) is 11.5 Å². The summed E-state index contributed by atoms with van der Waals surface area (Å²) < 4.78 is 10.8. The molecule has 1 aromatic carbocycles. The number of methoxy groups -OCH3 is 2. The average Bonchev–Trinajstić information content (AvgIpc) is 3.49. The van der Waals surface area contributed by atoms with Crippen LogP contribution in [-0.2, 0) is 16.1 Å². The van der Waals surface area contributed by atoms with Crippen molar-refractivity contribution in [3.05, 3.63) is 46.2 Å². The summed E-state index contributed by atoms with van der Waals surface area (Å²) in [6.07, 6.45) is 1.79. The van der Waals surface area contributed by atoms with E-state index in [4.69, 9.17) is 9.47 Å². The van der Waals surface area contributed by atoms with E-state index in [-0.39, 0.29) is 19.3 Å². The number of amides is 4. The summed E-state index contributed by atoms with van der Waals surface area (Å²) in [5.41, 5.74) is 0.969. The number of likely N-dealkylation sites (tertiary alicyclic amines) is 1. The smallest absolute Gasteiger partial charge is 0.335 e. The monoisotopic (exact) mass is 429 g/mol. The Morgan fingerprint density at radius 1 is 1.07 bits per heavy atom. The highest BCUT2D eigenvalue weighted by Crippen LogP contribution is 2.39. The van der Waals surface area contributed by atoms with E-state index >= 15 is 0 Å². The maximum absolute atomic E-state index is 12.8. The van der Waals surface area contributed by atoms with E-state index in [9.17, 15) is 14.4 Å². The summed E-state index contributed by atoms with van der Waals surface area (Å²) in [5, 5.41) is 1.87. The summed E-state index contributed by atoms with van der Waals surface area (Å²) in [6.45, 7) is 0.910. The molecule has 0 bridgehead atoms. The Morgan fingerprint density at radius 2 is 1.87 bits per heavy atom. The third-order valence-corrected chi connectivity index (χ3v) is 6.38. The van der Waals surface area contributed by atoms with Crippen LogP contribution in [0.5, 0.6) is 11.5 Å². The van der Waals surface area contributed by atoms with Gasteiger partial charge in [-0.2, -0.15) is 0 Å². The van der Waals surface area contributed by atoms with Gasteiger partial charge in [-0.05, 0) is 30.4 Å². The van der Waals surface area contributed by atoms with Gasteiger partial charge in [-0.15, -0.1) is 11.3 Å². The molecule has 1 unspecified atom stereocenters. The van der Waals surface area contributed by atoms with Crippen molar-refractivity contribution >= 4 is 29.2 Å². The molecule has 2 aromatic rings. The molecule has 1 atom stereocenters. The SMILES string of the molecule is COc1ccc(C2CCCN2CN2C(=O)C(=O)N(Cc3cccs3)C2=O)c(OC)c1. The lowest BCUT2D eigenvalue weighted by Gasteiger charge is -2.29. The fraction of sp³-hybridized carbons (Fsp3) is 0.381. The third kappa shape index (κ3) is 3.66. The first kappa shape index (κ1) is 20.4. The number of carbonyl (C=O) groups is 3. The number of hydrogen-bond donors (Lipinski definition) is 0. The molecule has 1 aromatic heterocycles. The van der Waals surface area contributed by atoms with E-state index in [1.165, 1.54) is 11.3 Å². The van der Waals surface area contributed by atoms with Crippen molar-refractivity contribution in [2.45, 2.75) is 25.4 Å². The summed E-state index contributed by atoms with van der Waals surface area (Å²) >= 11 is 1.44. The van der Waals surface area contributed by atoms with Crippen LogP contribution in [0.4, 0.5) is 4.79 Å². The lowest BCUT2D eigenvalue weighted by molar-refractivity contribution is -0.144. The Bertz CT molecular complexity index is 962. The van der Waals surface area contributed by atoms with E-state index < -0.39 is 17.8 Å². The van der Waals surface area contributed by atoms with Gasteiger partial charge in [0.15, 0.2) is 0 Å². The second kappa shape index (κ2) is 8.45. The van der Waals surface area contributed by atoms with Crippen LogP contribution in [0, 0.1) is 0 Å². The van der Waals surface area contributed by atoms with Crippen molar-refractivity contribution in [1.29, 1.82) is 0 Å². The van der Waals surface area contributed by atoms with Gasteiger partial charge in [0.05, 0.1) is 27.4 Å². The normalized spacial score (nSPS) is 19.8. The number of hydrogen-bond acceptors (Lipinski definition) is 7. The van der Waals surface area contributed by atoms with Crippen molar-refractivity contribution in [2.75, 3.05) is 27.4 Å². The molecule has 0 N–H and O–H groups in total. The highest BCUT2D eigenvalue weighted by atomic mass is 32.1. The molecule has 0 radical (unpaired) electrons. The van der Waals surface area contributed by atoms with Crippen molar-refractivity contribution in [3.63, 3.8) is 0 Å². The molecule has 4 amide bonds. The highest BCUT2D eigenvalue weighted by molar-refractivity contribution is 7.09. The van der Waals surface area contributed by atoms with Crippen LogP contribution in [0.3, 0.4) is 0 Å². The zero-order chi connectivity index (χ0) is 21.3. The molecule has 158 valence electrons. The molecule has 2 saturated heterocycles. The van der Waals surface area contributed by atoms with Gasteiger partial charge < -0.3 is 9.47 Å². The summed E-state index contributed by atoms with van der Waals surface area (Å²) in [5.74, 6) is -0.157. The van der Waals surface area contributed by atoms with Crippen LogP contribution in [0.1, 0.15) is 29.3 Å². The molecule has 0 aliphatic carbocycles. The van der Waals surface area contributed by atoms with Gasteiger partial charge in [-0.3, -0.25) is 19.4 Å². The van der Waals surface area contributed by atoms with Crippen LogP contribution in [0.2, 0.25) is 0 Å². The van der Waals surface area contributed by atoms with Gasteiger partial charge in [0.1, 0.15) is 11.5 Å². The first-order valence-corrected chi connectivity index (χ1v) is 10.6. The number of nitrogens with zero attached hydrogens (tertiary/aromatic N) is 3. The van der Waals surface area contributed by atoms with Gasteiger partial charge >= 0.3 is 17.8 Å². The Labute approximate surface area is 178 Å². The van der Waals surface area contributed by atoms with Crippen LogP contribution >= 0.6 is 11.3 Å². The Hall–Kier alpha value is -2.91. The van der Waals surface area contributed by atoms with Crippen LogP contribution < -0.4 is 9.47 Å². The van der Waals surface area contributed by atoms with Gasteiger partial charge in [0.25, 0.3) is 0 Å². The minimum Gasteiger partial charge on any atom is -0.497 e. The predicted molar refractivity (Wildman–Crippen MR) is 110 cm³/mol.